The molecule has 0 aliphatic carbocycles. The van der Waals surface area contributed by atoms with Crippen molar-refractivity contribution in [1.29, 1.82) is 0 Å². The molecule has 0 aromatic heterocycles. The molecular formula is H72Cl75K3. The Morgan fingerprint density at radius 2 is 0.0385 bits per heavy atom. The molecule has 78 heavy (non-hydrogen) atoms. The maximum Gasteiger partial charge on any atom is 1.00 e. The van der Waals surface area contributed by atoms with Gasteiger partial charge in [-0.25, -0.2) is 0 Å². The van der Waals surface area contributed by atoms with Gasteiger partial charge in [0.05, 0.1) is 0 Å². The van der Waals surface area contributed by atoms with Crippen LogP contribution in [0, 0.1) is 0 Å². The van der Waals surface area contributed by atoms with Gasteiger partial charge in [-0.05, 0) is 0 Å². The van der Waals surface area contributed by atoms with Crippen LogP contribution in [0.15, 0.2) is 0 Å². The van der Waals surface area contributed by atoms with Crippen molar-refractivity contribution in [3.63, 3.8) is 0 Å². The van der Waals surface area contributed by atoms with Crippen LogP contribution in [-0.2, 0) is 0 Å². The Hall–Kier alpha value is 26.7. The van der Waals surface area contributed by atoms with Gasteiger partial charge in [-0.2, -0.15) is 0 Å². The maximum absolute atomic E-state index is 0. The van der Waals surface area contributed by atoms with Crippen molar-refractivity contribution < 1.29 is 191 Å². The SMILES string of the molecule is Cl.Cl.Cl.Cl.Cl.Cl.Cl.Cl.Cl.Cl.Cl.Cl.Cl.Cl.Cl.Cl.Cl.Cl.Cl.Cl.Cl.Cl.Cl.Cl.Cl.Cl.Cl.Cl.Cl.Cl.Cl.Cl.Cl.Cl.Cl.Cl.Cl.Cl.Cl.Cl.Cl.Cl.Cl.Cl.Cl.Cl.Cl.Cl.Cl.Cl.Cl.Cl.Cl.Cl.Cl.Cl.Cl.Cl.Cl.Cl.Cl.Cl.Cl.Cl.Cl.Cl.Cl.Cl.Cl.Cl.Cl.Cl.[Cl-].[Cl-].[Cl-].[K+].[K+].[K+]. The zero-order chi connectivity index (χ0) is 0. The van der Waals surface area contributed by atoms with Crippen molar-refractivity contribution in [1.82, 2.24) is 0 Å². The minimum atomic E-state index is 0. The van der Waals surface area contributed by atoms with Crippen molar-refractivity contribution in [3.05, 3.63) is 0 Å². The Labute approximate surface area is 1060 Å². The van der Waals surface area contributed by atoms with Crippen LogP contribution in [-0.4, -0.2) is 0 Å². The first-order valence-electron chi connectivity index (χ1n) is 0. The molecule has 0 bridgehead atoms. The Morgan fingerprint density at radius 3 is 0.0385 bits per heavy atom. The molecule has 0 aromatic rings. The van der Waals surface area contributed by atoms with Crippen LogP contribution in [0.25, 0.3) is 0 Å². The monoisotopic (exact) mass is 2810 g/mol. The van der Waals surface area contributed by atoms with Crippen molar-refractivity contribution in [2.24, 2.45) is 0 Å². The largest absolute Gasteiger partial charge is 1.00 e. The van der Waals surface area contributed by atoms with Crippen molar-refractivity contribution in [2.75, 3.05) is 0 Å². The smallest absolute Gasteiger partial charge is 1.00 e. The third kappa shape index (κ3) is 1490. The summed E-state index contributed by atoms with van der Waals surface area (Å²) in [5, 5.41) is 0. The standard InChI is InChI=1S/75ClH.3K/h75*1H;;;/q;;;;;;;;;;;;;;;;;;;;;;;;;;;;;;;;;;;;;;;;;;;;;;;;;;;;;;;;;;;;;;;;;;;;;;;;;;;3*+1/p-3. The van der Waals surface area contributed by atoms with E-state index in [0.717, 1.165) is 0 Å². The van der Waals surface area contributed by atoms with Crippen LogP contribution in [0.3, 0.4) is 0 Å². The average molecular weight is 2850 g/mol. The molecule has 78 heteroatoms. The third-order valence-corrected chi connectivity index (χ3v) is 0. The topological polar surface area (TPSA) is 0 Å². The van der Waals surface area contributed by atoms with Crippen LogP contribution >= 0.6 is 893 Å². The van der Waals surface area contributed by atoms with E-state index in [2.05, 4.69) is 0 Å². The fourth-order valence-corrected chi connectivity index (χ4v) is 0. The molecule has 0 heterocycles. The third-order valence-electron chi connectivity index (χ3n) is 0. The molecule has 0 nitrogen and oxygen atoms in total. The van der Waals surface area contributed by atoms with Crippen LogP contribution in [0.1, 0.15) is 0 Å². The van der Waals surface area contributed by atoms with Crippen LogP contribution in [0.2, 0.25) is 0 Å². The first-order valence-corrected chi connectivity index (χ1v) is 0. The molecular weight excluding hydrogens is 2780 g/mol. The molecule has 0 fully saturated rings. The molecule has 0 rings (SSSR count). The second-order valence-corrected chi connectivity index (χ2v) is 0. The van der Waals surface area contributed by atoms with Gasteiger partial charge in [0.15, 0.2) is 0 Å². The molecule has 0 unspecified atom stereocenters. The zero-order valence-electron chi connectivity index (χ0n) is 33.5. The molecule has 600 valence electrons. The van der Waals surface area contributed by atoms with E-state index in [1.54, 1.807) is 0 Å². The fourth-order valence-electron chi connectivity index (χ4n) is 0. The van der Waals surface area contributed by atoms with Crippen molar-refractivity contribution in [3.8, 4) is 0 Å². The van der Waals surface area contributed by atoms with Gasteiger partial charge in [-0.15, -0.1) is 893 Å². The summed E-state index contributed by atoms with van der Waals surface area (Å²) in [4.78, 5) is 0. The summed E-state index contributed by atoms with van der Waals surface area (Å²) in [6.07, 6.45) is 0. The number of hydrogen-bond donors (Lipinski definition) is 0. The minimum Gasteiger partial charge on any atom is -1.00 e. The average Bonchev–Trinajstić information content (AvgIpc) is 0. The second-order valence-electron chi connectivity index (χ2n) is 0. The predicted octanol–water partition coefficient (Wildman–Crippen LogP) is 12.4. The van der Waals surface area contributed by atoms with Gasteiger partial charge >= 0.3 is 154 Å². The molecule has 0 saturated heterocycles. The summed E-state index contributed by atoms with van der Waals surface area (Å²) in [5.41, 5.74) is 0. The van der Waals surface area contributed by atoms with Crippen molar-refractivity contribution in [2.45, 2.75) is 0 Å². The molecule has 0 N–H and O–H groups in total. The number of rotatable bonds is 0. The van der Waals surface area contributed by atoms with Gasteiger partial charge in [0.1, 0.15) is 0 Å². The Balaban J connectivity index is 0. The van der Waals surface area contributed by atoms with Gasteiger partial charge in [0.2, 0.25) is 0 Å². The van der Waals surface area contributed by atoms with Gasteiger partial charge < -0.3 is 37.2 Å². The van der Waals surface area contributed by atoms with Crippen molar-refractivity contribution >= 4 is 893 Å². The number of hydrogen-bond acceptors (Lipinski definition) is 0. The molecule has 0 saturated carbocycles. The van der Waals surface area contributed by atoms with E-state index in [1.807, 2.05) is 0 Å². The van der Waals surface area contributed by atoms with Gasteiger partial charge in [0.25, 0.3) is 0 Å². The molecule has 0 aliphatic rings. The second kappa shape index (κ2) is 1540. The summed E-state index contributed by atoms with van der Waals surface area (Å²) in [6.45, 7) is 0. The van der Waals surface area contributed by atoms with Gasteiger partial charge in [0, 0.05) is 0 Å². The minimum absolute atomic E-state index is 0. The quantitative estimate of drug-likeness (QED) is 0.212. The summed E-state index contributed by atoms with van der Waals surface area (Å²) >= 11 is 0. The molecule has 0 atom stereocenters. The van der Waals surface area contributed by atoms with Crippen LogP contribution in [0.4, 0.5) is 0 Å². The molecule has 0 spiro atoms. The summed E-state index contributed by atoms with van der Waals surface area (Å²) in [7, 11) is 0. The molecule has 0 aromatic carbocycles. The maximum atomic E-state index is 0. The van der Waals surface area contributed by atoms with E-state index in [-0.39, 0.29) is 1080 Å². The fraction of sp³-hybridized carbons (Fsp3) is 0. The van der Waals surface area contributed by atoms with Gasteiger partial charge in [-0.3, -0.25) is 0 Å². The summed E-state index contributed by atoms with van der Waals surface area (Å²) in [6, 6.07) is 0. The first-order chi connectivity index (χ1) is 0. The Morgan fingerprint density at radius 1 is 0.0385 bits per heavy atom. The predicted molar refractivity (Wildman–Crippen MR) is 522 cm³/mol. The molecule has 0 radical (unpaired) electrons. The van der Waals surface area contributed by atoms with E-state index in [1.165, 1.54) is 0 Å². The normalized spacial score (nSPS) is 0. The van der Waals surface area contributed by atoms with E-state index in [0.29, 0.717) is 0 Å². The first kappa shape index (κ1) is 1580. The summed E-state index contributed by atoms with van der Waals surface area (Å²) in [5.74, 6) is 0. The Bertz CT molecular complexity index is 18.3. The number of halogens is 75. The van der Waals surface area contributed by atoms with Gasteiger partial charge in [-0.1, -0.05) is 0 Å². The van der Waals surface area contributed by atoms with Crippen LogP contribution < -0.4 is 191 Å². The Kier molecular flexibility index (Phi) is 31200. The molecule has 0 amide bonds. The molecule has 0 aliphatic heterocycles. The summed E-state index contributed by atoms with van der Waals surface area (Å²) < 4.78 is 0. The van der Waals surface area contributed by atoms with Crippen LogP contribution in [0.5, 0.6) is 0 Å². The van der Waals surface area contributed by atoms with E-state index in [4.69, 9.17) is 0 Å². The van der Waals surface area contributed by atoms with E-state index >= 15 is 0 Å². The zero-order valence-corrected chi connectivity index (χ0v) is 104. The van der Waals surface area contributed by atoms with E-state index < -0.39 is 0 Å². The van der Waals surface area contributed by atoms with E-state index in [9.17, 15) is 0 Å².